The van der Waals surface area contributed by atoms with Crippen LogP contribution in [-0.4, -0.2) is 25.8 Å². The standard InChI is InChI=1S/C12H15F2NO2/c13-12(14)17-10-4-1-3-9(7-10)16-11-5-2-6-15-8-11/h1,3-4,7,11-12,15H,2,5-6,8H2/t11-/m0/s1. The number of halogens is 2. The third-order valence-corrected chi connectivity index (χ3v) is 2.59. The van der Waals surface area contributed by atoms with E-state index in [4.69, 9.17) is 4.74 Å². The summed E-state index contributed by atoms with van der Waals surface area (Å²) in [4.78, 5) is 0. The molecule has 5 heteroatoms. The molecule has 0 saturated carbocycles. The van der Waals surface area contributed by atoms with Crippen LogP contribution in [0.1, 0.15) is 12.8 Å². The Labute approximate surface area is 98.7 Å². The summed E-state index contributed by atoms with van der Waals surface area (Å²) >= 11 is 0. The minimum atomic E-state index is -2.80. The highest BCUT2D eigenvalue weighted by molar-refractivity contribution is 5.33. The predicted molar refractivity (Wildman–Crippen MR) is 59.6 cm³/mol. The quantitative estimate of drug-likeness (QED) is 0.881. The van der Waals surface area contributed by atoms with Crippen molar-refractivity contribution < 1.29 is 18.3 Å². The van der Waals surface area contributed by atoms with Gasteiger partial charge in [-0.25, -0.2) is 0 Å². The van der Waals surface area contributed by atoms with Gasteiger partial charge < -0.3 is 14.8 Å². The van der Waals surface area contributed by atoms with Gasteiger partial charge in [-0.05, 0) is 31.5 Å². The van der Waals surface area contributed by atoms with Gasteiger partial charge in [0.15, 0.2) is 0 Å². The van der Waals surface area contributed by atoms with Crippen molar-refractivity contribution in [2.45, 2.75) is 25.6 Å². The van der Waals surface area contributed by atoms with Gasteiger partial charge >= 0.3 is 6.61 Å². The van der Waals surface area contributed by atoms with E-state index >= 15 is 0 Å². The van der Waals surface area contributed by atoms with Gasteiger partial charge in [-0.3, -0.25) is 0 Å². The van der Waals surface area contributed by atoms with Crippen molar-refractivity contribution >= 4 is 0 Å². The second kappa shape index (κ2) is 5.82. The lowest BCUT2D eigenvalue weighted by Crippen LogP contribution is -2.37. The molecule has 0 aromatic heterocycles. The van der Waals surface area contributed by atoms with Crippen LogP contribution in [-0.2, 0) is 0 Å². The maximum atomic E-state index is 12.0. The van der Waals surface area contributed by atoms with E-state index < -0.39 is 6.61 Å². The lowest BCUT2D eigenvalue weighted by atomic mass is 10.1. The monoisotopic (exact) mass is 243 g/mol. The summed E-state index contributed by atoms with van der Waals surface area (Å²) in [7, 11) is 0. The predicted octanol–water partition coefficient (Wildman–Crippen LogP) is 2.42. The summed E-state index contributed by atoms with van der Waals surface area (Å²) in [6, 6.07) is 6.36. The van der Waals surface area contributed by atoms with Gasteiger partial charge in [0.1, 0.15) is 17.6 Å². The van der Waals surface area contributed by atoms with E-state index in [0.29, 0.717) is 5.75 Å². The van der Waals surface area contributed by atoms with E-state index in [2.05, 4.69) is 10.1 Å². The fourth-order valence-electron chi connectivity index (χ4n) is 1.84. The third-order valence-electron chi connectivity index (χ3n) is 2.59. The zero-order chi connectivity index (χ0) is 12.1. The Kier molecular flexibility index (Phi) is 4.14. The van der Waals surface area contributed by atoms with Crippen molar-refractivity contribution in [3.8, 4) is 11.5 Å². The normalized spacial score (nSPS) is 20.3. The van der Waals surface area contributed by atoms with Crippen molar-refractivity contribution in [1.29, 1.82) is 0 Å². The molecule has 1 aromatic carbocycles. The van der Waals surface area contributed by atoms with Crippen molar-refractivity contribution in [1.82, 2.24) is 5.32 Å². The van der Waals surface area contributed by atoms with Crippen molar-refractivity contribution in [2.24, 2.45) is 0 Å². The van der Waals surface area contributed by atoms with Crippen molar-refractivity contribution in [3.05, 3.63) is 24.3 Å². The molecule has 1 saturated heterocycles. The molecule has 94 valence electrons. The van der Waals surface area contributed by atoms with E-state index in [0.717, 1.165) is 25.9 Å². The average Bonchev–Trinajstić information content (AvgIpc) is 2.30. The van der Waals surface area contributed by atoms with E-state index in [9.17, 15) is 8.78 Å². The molecule has 0 spiro atoms. The summed E-state index contributed by atoms with van der Waals surface area (Å²) in [5.74, 6) is 0.693. The van der Waals surface area contributed by atoms with Gasteiger partial charge in [-0.15, -0.1) is 0 Å². The molecule has 1 aliphatic rings. The lowest BCUT2D eigenvalue weighted by molar-refractivity contribution is -0.0499. The van der Waals surface area contributed by atoms with Gasteiger partial charge in [0.2, 0.25) is 0 Å². The maximum Gasteiger partial charge on any atom is 0.387 e. The molecule has 1 heterocycles. The largest absolute Gasteiger partial charge is 0.489 e. The highest BCUT2D eigenvalue weighted by atomic mass is 19.3. The van der Waals surface area contributed by atoms with Crippen LogP contribution in [0.25, 0.3) is 0 Å². The van der Waals surface area contributed by atoms with Crippen LogP contribution in [0, 0.1) is 0 Å². The summed E-state index contributed by atoms with van der Waals surface area (Å²) < 4.78 is 34.1. The molecule has 3 nitrogen and oxygen atoms in total. The molecule has 1 atom stereocenters. The minimum absolute atomic E-state index is 0.102. The molecular weight excluding hydrogens is 228 g/mol. The van der Waals surface area contributed by atoms with Crippen molar-refractivity contribution in [2.75, 3.05) is 13.1 Å². The average molecular weight is 243 g/mol. The zero-order valence-corrected chi connectivity index (χ0v) is 9.36. The Morgan fingerprint density at radius 1 is 1.29 bits per heavy atom. The number of piperidine rings is 1. The van der Waals surface area contributed by atoms with Crippen LogP contribution in [0.4, 0.5) is 8.78 Å². The summed E-state index contributed by atoms with van der Waals surface area (Å²) in [6.45, 7) is -1.00. The molecule has 1 fully saturated rings. The molecule has 17 heavy (non-hydrogen) atoms. The molecular formula is C12H15F2NO2. The van der Waals surface area contributed by atoms with Gasteiger partial charge in [-0.1, -0.05) is 6.07 Å². The van der Waals surface area contributed by atoms with Crippen LogP contribution in [0.3, 0.4) is 0 Å². The molecule has 0 bridgehead atoms. The summed E-state index contributed by atoms with van der Waals surface area (Å²) in [5.41, 5.74) is 0. The number of hydrogen-bond donors (Lipinski definition) is 1. The highest BCUT2D eigenvalue weighted by Gasteiger charge is 2.14. The number of hydrogen-bond acceptors (Lipinski definition) is 3. The van der Waals surface area contributed by atoms with E-state index in [1.54, 1.807) is 12.1 Å². The van der Waals surface area contributed by atoms with Gasteiger partial charge in [0, 0.05) is 12.6 Å². The van der Waals surface area contributed by atoms with Crippen LogP contribution in [0.5, 0.6) is 11.5 Å². The van der Waals surface area contributed by atoms with Gasteiger partial charge in [0.25, 0.3) is 0 Å². The van der Waals surface area contributed by atoms with Crippen LogP contribution < -0.4 is 14.8 Å². The first kappa shape index (κ1) is 12.1. The number of rotatable bonds is 4. The number of ether oxygens (including phenoxy) is 2. The Bertz CT molecular complexity index is 354. The van der Waals surface area contributed by atoms with Crippen LogP contribution in [0.2, 0.25) is 0 Å². The summed E-state index contributed by atoms with van der Waals surface area (Å²) in [5, 5.41) is 3.23. The SMILES string of the molecule is FC(F)Oc1cccc(O[C@H]2CCCNC2)c1. The number of alkyl halides is 2. The summed E-state index contributed by atoms with van der Waals surface area (Å²) in [6.07, 6.45) is 2.15. The fraction of sp³-hybridized carbons (Fsp3) is 0.500. The van der Waals surface area contributed by atoms with E-state index in [1.165, 1.54) is 12.1 Å². The maximum absolute atomic E-state index is 12.0. The Morgan fingerprint density at radius 3 is 2.82 bits per heavy atom. The minimum Gasteiger partial charge on any atom is -0.489 e. The number of benzene rings is 1. The Balaban J connectivity index is 1.95. The zero-order valence-electron chi connectivity index (χ0n) is 9.36. The van der Waals surface area contributed by atoms with Gasteiger partial charge in [-0.2, -0.15) is 8.78 Å². The Morgan fingerprint density at radius 2 is 2.12 bits per heavy atom. The van der Waals surface area contributed by atoms with Crippen LogP contribution >= 0.6 is 0 Å². The molecule has 2 rings (SSSR count). The molecule has 0 unspecified atom stereocenters. The van der Waals surface area contributed by atoms with E-state index in [1.807, 2.05) is 0 Å². The van der Waals surface area contributed by atoms with Gasteiger partial charge in [0.05, 0.1) is 0 Å². The lowest BCUT2D eigenvalue weighted by Gasteiger charge is -2.24. The second-order valence-electron chi connectivity index (χ2n) is 3.94. The van der Waals surface area contributed by atoms with E-state index in [-0.39, 0.29) is 11.9 Å². The topological polar surface area (TPSA) is 30.5 Å². The first-order valence-corrected chi connectivity index (χ1v) is 5.66. The Hall–Kier alpha value is -1.36. The van der Waals surface area contributed by atoms with Crippen LogP contribution in [0.15, 0.2) is 24.3 Å². The fourth-order valence-corrected chi connectivity index (χ4v) is 1.84. The molecule has 0 aliphatic carbocycles. The molecule has 1 N–H and O–H groups in total. The second-order valence-corrected chi connectivity index (χ2v) is 3.94. The molecule has 1 aromatic rings. The highest BCUT2D eigenvalue weighted by Crippen LogP contribution is 2.23. The number of nitrogens with one attached hydrogen (secondary N) is 1. The molecule has 1 aliphatic heterocycles. The molecule has 0 amide bonds. The van der Waals surface area contributed by atoms with Crippen molar-refractivity contribution in [3.63, 3.8) is 0 Å². The first-order valence-electron chi connectivity index (χ1n) is 5.66. The smallest absolute Gasteiger partial charge is 0.387 e. The molecule has 0 radical (unpaired) electrons. The first-order chi connectivity index (χ1) is 8.24. The third kappa shape index (κ3) is 3.85.